The van der Waals surface area contributed by atoms with Gasteiger partial charge in [0.2, 0.25) is 0 Å². The molecule has 1 unspecified atom stereocenters. The Morgan fingerprint density at radius 3 is 2.69 bits per heavy atom. The number of hydrogen-bond donors (Lipinski definition) is 2. The summed E-state index contributed by atoms with van der Waals surface area (Å²) in [5, 5.41) is 6.28. The van der Waals surface area contributed by atoms with Crippen LogP contribution in [0.2, 0.25) is 0 Å². The molecule has 1 aliphatic rings. The summed E-state index contributed by atoms with van der Waals surface area (Å²) >= 11 is 0. The van der Waals surface area contributed by atoms with Gasteiger partial charge in [0.15, 0.2) is 5.69 Å². The first kappa shape index (κ1) is 19.0. The van der Waals surface area contributed by atoms with Gasteiger partial charge in [-0.25, -0.2) is 14.5 Å². The van der Waals surface area contributed by atoms with Crippen LogP contribution in [0, 0.1) is 0 Å². The summed E-state index contributed by atoms with van der Waals surface area (Å²) in [4.78, 5) is 21.6. The molecule has 7 nitrogen and oxygen atoms in total. The van der Waals surface area contributed by atoms with Crippen LogP contribution >= 0.6 is 0 Å². The average molecular weight is 404 g/mol. The second-order valence-electron chi connectivity index (χ2n) is 6.76. The van der Waals surface area contributed by atoms with E-state index in [0.717, 1.165) is 23.7 Å². The summed E-state index contributed by atoms with van der Waals surface area (Å²) in [6.07, 6.45) is 1.96. The van der Waals surface area contributed by atoms with E-state index >= 15 is 0 Å². The second kappa shape index (κ2) is 7.61. The fourth-order valence-corrected chi connectivity index (χ4v) is 3.58. The Balaban J connectivity index is 1.63. The van der Waals surface area contributed by atoms with Gasteiger partial charge in [0.1, 0.15) is 5.82 Å². The van der Waals surface area contributed by atoms with Crippen LogP contribution in [0.4, 0.5) is 23.7 Å². The molecule has 29 heavy (non-hydrogen) atoms. The SMILES string of the molecule is O=C(Nc1cnn(-c2ccccc2)c1C(F)(F)F)N1CCCCC1c1ncc[nH]1. The lowest BCUT2D eigenvalue weighted by Gasteiger charge is -2.34. The summed E-state index contributed by atoms with van der Waals surface area (Å²) in [6, 6.07) is 7.07. The standard InChI is InChI=1S/C19H19F3N6O/c20-19(21,22)16-14(12-25-28(16)13-6-2-1-3-7-13)26-18(29)27-11-5-4-8-15(27)17-23-9-10-24-17/h1-3,6-7,9-10,12,15H,4-5,8,11H2,(H,23,24)(H,26,29). The number of anilines is 1. The predicted octanol–water partition coefficient (Wildman–Crippen LogP) is 4.37. The number of amides is 2. The van der Waals surface area contributed by atoms with Crippen molar-refractivity contribution in [2.24, 2.45) is 0 Å². The fraction of sp³-hybridized carbons (Fsp3) is 0.316. The van der Waals surface area contributed by atoms with Gasteiger partial charge in [-0.05, 0) is 31.4 Å². The predicted molar refractivity (Wildman–Crippen MR) is 99.5 cm³/mol. The van der Waals surface area contributed by atoms with Gasteiger partial charge in [-0.2, -0.15) is 18.3 Å². The number of aromatic nitrogens is 4. The monoisotopic (exact) mass is 404 g/mol. The number of nitrogens with one attached hydrogen (secondary N) is 2. The number of urea groups is 1. The highest BCUT2D eigenvalue weighted by atomic mass is 19.4. The van der Waals surface area contributed by atoms with Crippen molar-refractivity contribution in [3.05, 3.63) is 60.4 Å². The van der Waals surface area contributed by atoms with Crippen LogP contribution in [0.25, 0.3) is 5.69 Å². The van der Waals surface area contributed by atoms with Gasteiger partial charge in [-0.3, -0.25) is 0 Å². The molecule has 3 heterocycles. The Hall–Kier alpha value is -3.30. The molecule has 10 heteroatoms. The number of benzene rings is 1. The molecule has 2 N–H and O–H groups in total. The number of nitrogens with zero attached hydrogens (tertiary/aromatic N) is 4. The molecule has 0 bridgehead atoms. The van der Waals surface area contributed by atoms with Gasteiger partial charge < -0.3 is 15.2 Å². The summed E-state index contributed by atoms with van der Waals surface area (Å²) in [5.74, 6) is 0.621. The Morgan fingerprint density at radius 2 is 2.00 bits per heavy atom. The summed E-state index contributed by atoms with van der Waals surface area (Å²) in [6.45, 7) is 0.436. The molecular weight excluding hydrogens is 385 g/mol. The molecule has 0 aliphatic carbocycles. The summed E-state index contributed by atoms with van der Waals surface area (Å²) in [7, 11) is 0. The number of hydrogen-bond acceptors (Lipinski definition) is 3. The van der Waals surface area contributed by atoms with Crippen molar-refractivity contribution in [3.8, 4) is 5.69 Å². The van der Waals surface area contributed by atoms with Gasteiger partial charge in [-0.1, -0.05) is 18.2 Å². The normalized spacial score (nSPS) is 17.3. The average Bonchev–Trinajstić information content (AvgIpc) is 3.38. The zero-order chi connectivity index (χ0) is 20.4. The Morgan fingerprint density at radius 1 is 1.21 bits per heavy atom. The highest BCUT2D eigenvalue weighted by Gasteiger charge is 2.40. The molecule has 4 rings (SSSR count). The first-order valence-electron chi connectivity index (χ1n) is 9.22. The largest absolute Gasteiger partial charge is 0.435 e. The lowest BCUT2D eigenvalue weighted by molar-refractivity contribution is -0.142. The number of carbonyl (C=O) groups is 1. The first-order chi connectivity index (χ1) is 13.9. The third kappa shape index (κ3) is 3.82. The van der Waals surface area contributed by atoms with Crippen LogP contribution in [0.15, 0.2) is 48.9 Å². The van der Waals surface area contributed by atoms with Gasteiger partial charge in [0, 0.05) is 18.9 Å². The zero-order valence-corrected chi connectivity index (χ0v) is 15.4. The highest BCUT2D eigenvalue weighted by molar-refractivity contribution is 5.90. The van der Waals surface area contributed by atoms with Crippen molar-refractivity contribution in [2.75, 3.05) is 11.9 Å². The van der Waals surface area contributed by atoms with Gasteiger partial charge in [-0.15, -0.1) is 0 Å². The lowest BCUT2D eigenvalue weighted by Crippen LogP contribution is -2.41. The minimum atomic E-state index is -4.70. The number of para-hydroxylation sites is 1. The van der Waals surface area contributed by atoms with Gasteiger partial charge >= 0.3 is 12.2 Å². The number of rotatable bonds is 3. The highest BCUT2D eigenvalue weighted by Crippen LogP contribution is 2.37. The van der Waals surface area contributed by atoms with Crippen LogP contribution in [0.5, 0.6) is 0 Å². The molecule has 2 aromatic heterocycles. The van der Waals surface area contributed by atoms with Crippen molar-refractivity contribution in [3.63, 3.8) is 0 Å². The van der Waals surface area contributed by atoms with Crippen molar-refractivity contribution in [1.29, 1.82) is 0 Å². The maximum atomic E-state index is 13.8. The molecule has 152 valence electrons. The lowest BCUT2D eigenvalue weighted by atomic mass is 10.0. The molecule has 1 saturated heterocycles. The number of alkyl halides is 3. The second-order valence-corrected chi connectivity index (χ2v) is 6.76. The third-order valence-corrected chi connectivity index (χ3v) is 4.88. The molecule has 0 spiro atoms. The molecule has 0 saturated carbocycles. The van der Waals surface area contributed by atoms with E-state index in [2.05, 4.69) is 20.4 Å². The Labute approximate surface area is 164 Å². The molecular formula is C19H19F3N6O. The van der Waals surface area contributed by atoms with E-state index in [1.807, 2.05) is 0 Å². The third-order valence-electron chi connectivity index (χ3n) is 4.88. The number of aromatic amines is 1. The zero-order valence-electron chi connectivity index (χ0n) is 15.4. The molecule has 1 fully saturated rings. The maximum Gasteiger partial charge on any atom is 0.435 e. The number of H-pyrrole nitrogens is 1. The van der Waals surface area contributed by atoms with Crippen LogP contribution < -0.4 is 5.32 Å². The Bertz CT molecular complexity index is 968. The number of imidazole rings is 1. The van der Waals surface area contributed by atoms with Crippen LogP contribution in [-0.4, -0.2) is 37.2 Å². The maximum absolute atomic E-state index is 13.8. The molecule has 3 aromatic rings. The van der Waals surface area contributed by atoms with E-state index in [4.69, 9.17) is 0 Å². The minimum absolute atomic E-state index is 0.256. The van der Waals surface area contributed by atoms with Crippen LogP contribution in [0.3, 0.4) is 0 Å². The van der Waals surface area contributed by atoms with Gasteiger partial charge in [0.25, 0.3) is 0 Å². The smallest absolute Gasteiger partial charge is 0.347 e. The van der Waals surface area contributed by atoms with E-state index in [-0.39, 0.29) is 17.4 Å². The number of likely N-dealkylation sites (tertiary alicyclic amines) is 1. The van der Waals surface area contributed by atoms with Gasteiger partial charge in [0.05, 0.1) is 23.6 Å². The van der Waals surface area contributed by atoms with E-state index < -0.39 is 17.9 Å². The number of piperidine rings is 1. The van der Waals surface area contributed by atoms with Crippen LogP contribution in [0.1, 0.15) is 36.8 Å². The van der Waals surface area contributed by atoms with E-state index in [1.165, 1.54) is 17.0 Å². The fourth-order valence-electron chi connectivity index (χ4n) is 3.58. The molecule has 0 radical (unpaired) electrons. The van der Waals surface area contributed by atoms with Crippen molar-refractivity contribution in [2.45, 2.75) is 31.5 Å². The quantitative estimate of drug-likeness (QED) is 0.680. The van der Waals surface area contributed by atoms with E-state index in [0.29, 0.717) is 18.8 Å². The van der Waals surface area contributed by atoms with E-state index in [1.54, 1.807) is 30.6 Å². The van der Waals surface area contributed by atoms with Crippen molar-refractivity contribution in [1.82, 2.24) is 24.6 Å². The van der Waals surface area contributed by atoms with E-state index in [9.17, 15) is 18.0 Å². The number of carbonyl (C=O) groups excluding carboxylic acids is 1. The summed E-state index contributed by atoms with van der Waals surface area (Å²) in [5.41, 5.74) is -1.15. The number of halogens is 3. The van der Waals surface area contributed by atoms with Crippen molar-refractivity contribution >= 4 is 11.7 Å². The molecule has 1 aliphatic heterocycles. The molecule has 1 atom stereocenters. The topological polar surface area (TPSA) is 78.8 Å². The summed E-state index contributed by atoms with van der Waals surface area (Å²) < 4.78 is 42.1. The Kier molecular flexibility index (Phi) is 4.99. The molecule has 2 amide bonds. The minimum Gasteiger partial charge on any atom is -0.347 e. The van der Waals surface area contributed by atoms with Crippen molar-refractivity contribution < 1.29 is 18.0 Å². The first-order valence-corrected chi connectivity index (χ1v) is 9.22. The molecule has 1 aromatic carbocycles. The van der Waals surface area contributed by atoms with Crippen LogP contribution in [-0.2, 0) is 6.18 Å².